The van der Waals surface area contributed by atoms with Crippen molar-refractivity contribution in [3.63, 3.8) is 0 Å². The van der Waals surface area contributed by atoms with Crippen molar-refractivity contribution in [2.45, 2.75) is 13.5 Å². The van der Waals surface area contributed by atoms with Gasteiger partial charge in [0.15, 0.2) is 11.6 Å². The van der Waals surface area contributed by atoms with Gasteiger partial charge in [-0.3, -0.25) is 4.79 Å². The Morgan fingerprint density at radius 3 is 2.95 bits per heavy atom. The molecule has 7 nitrogen and oxygen atoms in total. The number of benzene rings is 1. The van der Waals surface area contributed by atoms with Crippen molar-refractivity contribution >= 4 is 11.6 Å². The highest BCUT2D eigenvalue weighted by Crippen LogP contribution is 2.25. The zero-order valence-corrected chi connectivity index (χ0v) is 10.6. The van der Waals surface area contributed by atoms with Crippen LogP contribution in [-0.4, -0.2) is 23.2 Å². The molecule has 1 aromatic heterocycles. The van der Waals surface area contributed by atoms with Crippen LogP contribution in [0, 0.1) is 6.92 Å². The van der Waals surface area contributed by atoms with Crippen LogP contribution in [0.1, 0.15) is 22.1 Å². The SMILES string of the molecule is COc1c(N)cccc1C(=O)NCc1nc(C)no1. The van der Waals surface area contributed by atoms with Gasteiger partial charge in [0, 0.05) is 0 Å². The summed E-state index contributed by atoms with van der Waals surface area (Å²) >= 11 is 0. The van der Waals surface area contributed by atoms with Gasteiger partial charge in [-0.2, -0.15) is 4.98 Å². The molecule has 0 aliphatic rings. The smallest absolute Gasteiger partial charge is 0.255 e. The lowest BCUT2D eigenvalue weighted by Gasteiger charge is -2.10. The van der Waals surface area contributed by atoms with Gasteiger partial charge in [0.25, 0.3) is 5.91 Å². The number of hydrogen-bond acceptors (Lipinski definition) is 6. The number of carbonyl (C=O) groups is 1. The Bertz CT molecular complexity index is 594. The summed E-state index contributed by atoms with van der Waals surface area (Å²) in [6.45, 7) is 1.85. The summed E-state index contributed by atoms with van der Waals surface area (Å²) in [5, 5.41) is 6.29. The van der Waals surface area contributed by atoms with Gasteiger partial charge in [-0.25, -0.2) is 0 Å². The maximum atomic E-state index is 12.0. The standard InChI is InChI=1S/C12H14N4O3/c1-7-15-10(19-16-7)6-14-12(17)8-4-3-5-9(13)11(8)18-2/h3-5H,6,13H2,1-2H3,(H,14,17). The van der Waals surface area contributed by atoms with Crippen molar-refractivity contribution in [2.75, 3.05) is 12.8 Å². The molecule has 3 N–H and O–H groups in total. The second-order valence-corrected chi connectivity index (χ2v) is 3.85. The molecular formula is C12H14N4O3. The molecule has 1 heterocycles. The molecule has 1 amide bonds. The summed E-state index contributed by atoms with van der Waals surface area (Å²) in [7, 11) is 1.46. The van der Waals surface area contributed by atoms with Crippen molar-refractivity contribution < 1.29 is 14.1 Å². The molecule has 2 aromatic rings. The number of nitrogens with zero attached hydrogens (tertiary/aromatic N) is 2. The first-order chi connectivity index (χ1) is 9.11. The molecule has 0 fully saturated rings. The van der Waals surface area contributed by atoms with E-state index in [4.69, 9.17) is 15.0 Å². The molecule has 0 saturated heterocycles. The van der Waals surface area contributed by atoms with Gasteiger partial charge in [-0.15, -0.1) is 0 Å². The van der Waals surface area contributed by atoms with Crippen LogP contribution in [0.5, 0.6) is 5.75 Å². The zero-order chi connectivity index (χ0) is 13.8. The summed E-state index contributed by atoms with van der Waals surface area (Å²) < 4.78 is 10.0. The van der Waals surface area contributed by atoms with E-state index in [9.17, 15) is 4.79 Å². The average molecular weight is 262 g/mol. The molecule has 2 rings (SSSR count). The molecule has 100 valence electrons. The predicted octanol–water partition coefficient (Wildman–Crippen LogP) is 0.899. The van der Waals surface area contributed by atoms with Crippen LogP contribution < -0.4 is 15.8 Å². The summed E-state index contributed by atoms with van der Waals surface area (Å²) in [5.74, 6) is 0.890. The minimum Gasteiger partial charge on any atom is -0.494 e. The summed E-state index contributed by atoms with van der Waals surface area (Å²) in [5.41, 5.74) is 6.50. The Kier molecular flexibility index (Phi) is 3.65. The number of nitrogens with one attached hydrogen (secondary N) is 1. The highest BCUT2D eigenvalue weighted by atomic mass is 16.5. The topological polar surface area (TPSA) is 103 Å². The number of hydrogen-bond donors (Lipinski definition) is 2. The lowest BCUT2D eigenvalue weighted by molar-refractivity contribution is 0.0943. The van der Waals surface area contributed by atoms with Crippen LogP contribution in [0.2, 0.25) is 0 Å². The number of nitrogens with two attached hydrogens (primary N) is 1. The van der Waals surface area contributed by atoms with Crippen molar-refractivity contribution in [3.8, 4) is 5.75 Å². The van der Waals surface area contributed by atoms with Crippen LogP contribution in [0.25, 0.3) is 0 Å². The number of ether oxygens (including phenoxy) is 1. The normalized spacial score (nSPS) is 10.2. The van der Waals surface area contributed by atoms with Gasteiger partial charge in [0.05, 0.1) is 24.9 Å². The molecule has 19 heavy (non-hydrogen) atoms. The number of rotatable bonds is 4. The molecule has 0 unspecified atom stereocenters. The summed E-state index contributed by atoms with van der Waals surface area (Å²) in [6, 6.07) is 4.98. The van der Waals surface area contributed by atoms with E-state index in [2.05, 4.69) is 15.5 Å². The number of aryl methyl sites for hydroxylation is 1. The fourth-order valence-corrected chi connectivity index (χ4v) is 1.62. The van der Waals surface area contributed by atoms with Gasteiger partial charge in [0.1, 0.15) is 0 Å². The first-order valence-corrected chi connectivity index (χ1v) is 5.61. The van der Waals surface area contributed by atoms with Gasteiger partial charge in [-0.05, 0) is 19.1 Å². The molecule has 0 spiro atoms. The van der Waals surface area contributed by atoms with Crippen molar-refractivity contribution in [1.29, 1.82) is 0 Å². The number of carbonyl (C=O) groups excluding carboxylic acids is 1. The third-order valence-electron chi connectivity index (χ3n) is 2.46. The van der Waals surface area contributed by atoms with Crippen LogP contribution in [0.3, 0.4) is 0 Å². The minimum absolute atomic E-state index is 0.150. The fraction of sp³-hybridized carbons (Fsp3) is 0.250. The molecule has 0 saturated carbocycles. The second kappa shape index (κ2) is 5.38. The van der Waals surface area contributed by atoms with Crippen molar-refractivity contribution in [3.05, 3.63) is 35.5 Å². The van der Waals surface area contributed by atoms with Crippen molar-refractivity contribution in [1.82, 2.24) is 15.5 Å². The first-order valence-electron chi connectivity index (χ1n) is 5.61. The second-order valence-electron chi connectivity index (χ2n) is 3.85. The molecule has 0 atom stereocenters. The molecule has 0 radical (unpaired) electrons. The molecule has 1 aromatic carbocycles. The van der Waals surface area contributed by atoms with Crippen LogP contribution in [-0.2, 0) is 6.54 Å². The number of aromatic nitrogens is 2. The Morgan fingerprint density at radius 2 is 2.32 bits per heavy atom. The van der Waals surface area contributed by atoms with Gasteiger partial charge < -0.3 is 20.3 Å². The van der Waals surface area contributed by atoms with Gasteiger partial charge in [0.2, 0.25) is 5.89 Å². The van der Waals surface area contributed by atoms with Crippen LogP contribution in [0.15, 0.2) is 22.7 Å². The lowest BCUT2D eigenvalue weighted by atomic mass is 10.1. The molecular weight excluding hydrogens is 248 g/mol. The fourth-order valence-electron chi connectivity index (χ4n) is 1.62. The predicted molar refractivity (Wildman–Crippen MR) is 67.6 cm³/mol. The number of anilines is 1. The third kappa shape index (κ3) is 2.82. The Labute approximate surface area is 109 Å². The molecule has 0 bridgehead atoms. The van der Waals surface area contributed by atoms with E-state index in [1.165, 1.54) is 7.11 Å². The highest BCUT2D eigenvalue weighted by Gasteiger charge is 2.15. The van der Waals surface area contributed by atoms with Gasteiger partial charge >= 0.3 is 0 Å². The van der Waals surface area contributed by atoms with E-state index < -0.39 is 0 Å². The zero-order valence-electron chi connectivity index (χ0n) is 10.6. The minimum atomic E-state index is -0.319. The largest absolute Gasteiger partial charge is 0.494 e. The lowest BCUT2D eigenvalue weighted by Crippen LogP contribution is -2.23. The summed E-state index contributed by atoms with van der Waals surface area (Å²) in [4.78, 5) is 16.0. The first kappa shape index (κ1) is 12.9. The highest BCUT2D eigenvalue weighted by molar-refractivity contribution is 5.98. The maximum Gasteiger partial charge on any atom is 0.255 e. The van der Waals surface area contributed by atoms with E-state index >= 15 is 0 Å². The number of nitrogen functional groups attached to an aromatic ring is 1. The van der Waals surface area contributed by atoms with E-state index in [1.54, 1.807) is 25.1 Å². The molecule has 0 aliphatic carbocycles. The van der Waals surface area contributed by atoms with E-state index in [-0.39, 0.29) is 12.5 Å². The van der Waals surface area contributed by atoms with Crippen molar-refractivity contribution in [2.24, 2.45) is 0 Å². The van der Waals surface area contributed by atoms with Gasteiger partial charge in [-0.1, -0.05) is 11.2 Å². The van der Waals surface area contributed by atoms with E-state index in [0.29, 0.717) is 28.7 Å². The number of para-hydroxylation sites is 1. The molecule has 0 aliphatic heterocycles. The van der Waals surface area contributed by atoms with E-state index in [1.807, 2.05) is 0 Å². The summed E-state index contributed by atoms with van der Waals surface area (Å²) in [6.07, 6.45) is 0. The maximum absolute atomic E-state index is 12.0. The van der Waals surface area contributed by atoms with Crippen LogP contribution in [0.4, 0.5) is 5.69 Å². The monoisotopic (exact) mass is 262 g/mol. The quantitative estimate of drug-likeness (QED) is 0.793. The Morgan fingerprint density at radius 1 is 1.53 bits per heavy atom. The van der Waals surface area contributed by atoms with Crippen LogP contribution >= 0.6 is 0 Å². The molecule has 7 heteroatoms. The Balaban J connectivity index is 2.10. The third-order valence-corrected chi connectivity index (χ3v) is 2.46. The van der Waals surface area contributed by atoms with E-state index in [0.717, 1.165) is 0 Å². The number of amides is 1. The average Bonchev–Trinajstić information content (AvgIpc) is 2.81. The Hall–Kier alpha value is -2.57. The number of methoxy groups -OCH3 is 1.